The molecule has 0 atom stereocenters. The Bertz CT molecular complexity index is 377. The van der Waals surface area contributed by atoms with E-state index in [0.717, 1.165) is 19.4 Å². The lowest BCUT2D eigenvalue weighted by molar-refractivity contribution is 0.770. The molecule has 0 bridgehead atoms. The number of rotatable bonds is 4. The summed E-state index contributed by atoms with van der Waals surface area (Å²) in [4.78, 5) is 7.72. The summed E-state index contributed by atoms with van der Waals surface area (Å²) >= 11 is 5.03. The Morgan fingerprint density at radius 3 is 2.82 bits per heavy atom. The first-order valence-electron chi connectivity index (χ1n) is 5.38. The van der Waals surface area contributed by atoms with E-state index in [9.17, 15) is 0 Å². The maximum atomic E-state index is 5.47. The minimum atomic E-state index is 0.316. The fourth-order valence-electron chi connectivity index (χ4n) is 1.26. The number of aromatic nitrogens is 1. The van der Waals surface area contributed by atoms with Crippen LogP contribution in [0.25, 0.3) is 0 Å². The van der Waals surface area contributed by atoms with Crippen LogP contribution in [0.2, 0.25) is 0 Å². The highest BCUT2D eigenvalue weighted by molar-refractivity contribution is 7.80. The van der Waals surface area contributed by atoms with Crippen LogP contribution >= 0.6 is 12.2 Å². The van der Waals surface area contributed by atoms with Crippen LogP contribution in [0, 0.1) is 0 Å². The van der Waals surface area contributed by atoms with Gasteiger partial charge in [-0.25, -0.2) is 0 Å². The number of nitrogens with two attached hydrogens (primary N) is 1. The van der Waals surface area contributed by atoms with E-state index in [1.807, 2.05) is 12.1 Å². The monoisotopic (exact) mass is 251 g/mol. The predicted octanol–water partition coefficient (Wildman–Crippen LogP) is 0.423. The van der Waals surface area contributed by atoms with E-state index >= 15 is 0 Å². The lowest BCUT2D eigenvalue weighted by atomic mass is 10.1. The standard InChI is InChI=1S/C11H17N5S/c1-13-10(12)16-11(17)15-6-2-3-9-4-7-14-8-5-9/h4-5,7-8H,2-3,6H2,1H3,(H4,12,13,15,16,17). The second-order valence-electron chi connectivity index (χ2n) is 3.45. The van der Waals surface area contributed by atoms with Crippen LogP contribution in [0.3, 0.4) is 0 Å². The second kappa shape index (κ2) is 7.56. The van der Waals surface area contributed by atoms with E-state index in [1.54, 1.807) is 19.4 Å². The van der Waals surface area contributed by atoms with Gasteiger partial charge in [0.2, 0.25) is 0 Å². The Morgan fingerprint density at radius 2 is 2.18 bits per heavy atom. The Labute approximate surface area is 107 Å². The van der Waals surface area contributed by atoms with E-state index in [1.165, 1.54) is 5.56 Å². The molecule has 0 aliphatic carbocycles. The van der Waals surface area contributed by atoms with Crippen molar-refractivity contribution < 1.29 is 0 Å². The van der Waals surface area contributed by atoms with Gasteiger partial charge in [-0.1, -0.05) is 0 Å². The summed E-state index contributed by atoms with van der Waals surface area (Å²) in [6, 6.07) is 4.02. The molecule has 4 N–H and O–H groups in total. The largest absolute Gasteiger partial charge is 0.370 e. The van der Waals surface area contributed by atoms with Gasteiger partial charge >= 0.3 is 0 Å². The van der Waals surface area contributed by atoms with Crippen LogP contribution < -0.4 is 16.4 Å². The minimum Gasteiger partial charge on any atom is -0.370 e. The molecule has 0 unspecified atom stereocenters. The normalized spacial score (nSPS) is 11.0. The molecule has 0 aliphatic rings. The maximum Gasteiger partial charge on any atom is 0.194 e. The molecule has 0 radical (unpaired) electrons. The lowest BCUT2D eigenvalue weighted by Crippen LogP contribution is -2.43. The third-order valence-corrected chi connectivity index (χ3v) is 2.41. The van der Waals surface area contributed by atoms with Gasteiger partial charge in [-0.15, -0.1) is 0 Å². The highest BCUT2D eigenvalue weighted by Gasteiger charge is 1.97. The average molecular weight is 251 g/mol. The zero-order valence-corrected chi connectivity index (χ0v) is 10.6. The Balaban J connectivity index is 2.14. The van der Waals surface area contributed by atoms with E-state index in [0.29, 0.717) is 11.1 Å². The van der Waals surface area contributed by atoms with Crippen molar-refractivity contribution >= 4 is 23.3 Å². The van der Waals surface area contributed by atoms with Crippen LogP contribution in [0.5, 0.6) is 0 Å². The van der Waals surface area contributed by atoms with Crippen molar-refractivity contribution in [1.82, 2.24) is 15.6 Å². The van der Waals surface area contributed by atoms with Gasteiger partial charge in [0.15, 0.2) is 11.1 Å². The van der Waals surface area contributed by atoms with Crippen LogP contribution in [0.15, 0.2) is 29.5 Å². The second-order valence-corrected chi connectivity index (χ2v) is 3.86. The number of hydrogen-bond donors (Lipinski definition) is 3. The quantitative estimate of drug-likeness (QED) is 0.313. The van der Waals surface area contributed by atoms with Crippen molar-refractivity contribution in [3.63, 3.8) is 0 Å². The van der Waals surface area contributed by atoms with Crippen LogP contribution in [0.1, 0.15) is 12.0 Å². The molecule has 17 heavy (non-hydrogen) atoms. The molecule has 0 saturated heterocycles. The van der Waals surface area contributed by atoms with Crippen molar-refractivity contribution in [2.45, 2.75) is 12.8 Å². The van der Waals surface area contributed by atoms with Gasteiger partial charge in [0, 0.05) is 26.0 Å². The summed E-state index contributed by atoms with van der Waals surface area (Å²) in [6.45, 7) is 0.797. The number of hydrogen-bond acceptors (Lipinski definition) is 3. The fraction of sp³-hybridized carbons (Fsp3) is 0.364. The molecular formula is C11H17N5S. The molecule has 0 spiro atoms. The van der Waals surface area contributed by atoms with Crippen molar-refractivity contribution in [2.75, 3.05) is 13.6 Å². The Morgan fingerprint density at radius 1 is 1.47 bits per heavy atom. The molecular weight excluding hydrogens is 234 g/mol. The van der Waals surface area contributed by atoms with Gasteiger partial charge in [-0.2, -0.15) is 0 Å². The van der Waals surface area contributed by atoms with Crippen molar-refractivity contribution in [1.29, 1.82) is 0 Å². The predicted molar refractivity (Wildman–Crippen MR) is 73.8 cm³/mol. The molecule has 0 amide bonds. The third kappa shape index (κ3) is 5.82. The summed E-state index contributed by atoms with van der Waals surface area (Å²) in [7, 11) is 1.61. The van der Waals surface area contributed by atoms with Gasteiger partial charge in [0.1, 0.15) is 0 Å². The Kier molecular flexibility index (Phi) is 5.95. The summed E-state index contributed by atoms with van der Waals surface area (Å²) < 4.78 is 0. The lowest BCUT2D eigenvalue weighted by Gasteiger charge is -2.09. The third-order valence-electron chi connectivity index (χ3n) is 2.16. The topological polar surface area (TPSA) is 75.3 Å². The maximum absolute atomic E-state index is 5.47. The van der Waals surface area contributed by atoms with Gasteiger partial charge in [0.25, 0.3) is 0 Å². The molecule has 5 nitrogen and oxygen atoms in total. The highest BCUT2D eigenvalue weighted by atomic mass is 32.1. The van der Waals surface area contributed by atoms with E-state index in [2.05, 4.69) is 20.6 Å². The molecule has 1 heterocycles. The molecule has 0 fully saturated rings. The van der Waals surface area contributed by atoms with Crippen LogP contribution in [-0.2, 0) is 6.42 Å². The van der Waals surface area contributed by atoms with Crippen molar-refractivity contribution in [3.05, 3.63) is 30.1 Å². The summed E-state index contributed by atoms with van der Waals surface area (Å²) in [6.07, 6.45) is 5.59. The molecule has 6 heteroatoms. The van der Waals surface area contributed by atoms with Gasteiger partial charge in [0.05, 0.1) is 0 Å². The highest BCUT2D eigenvalue weighted by Crippen LogP contribution is 1.99. The number of aliphatic imine (C=N–C) groups is 1. The Hall–Kier alpha value is -1.69. The first-order chi connectivity index (χ1) is 8.22. The summed E-state index contributed by atoms with van der Waals surface area (Å²) in [5.74, 6) is 0.316. The first-order valence-corrected chi connectivity index (χ1v) is 5.79. The van der Waals surface area contributed by atoms with Gasteiger partial charge in [-0.3, -0.25) is 9.98 Å². The molecule has 92 valence electrons. The molecule has 0 aromatic carbocycles. The molecule has 0 saturated carbocycles. The molecule has 0 aliphatic heterocycles. The molecule has 1 aromatic rings. The molecule has 1 aromatic heterocycles. The number of guanidine groups is 1. The average Bonchev–Trinajstić information content (AvgIpc) is 2.36. The number of aryl methyl sites for hydroxylation is 1. The zero-order valence-electron chi connectivity index (χ0n) is 9.81. The number of nitrogens with zero attached hydrogens (tertiary/aromatic N) is 2. The number of thiocarbonyl (C=S) groups is 1. The molecule has 1 rings (SSSR count). The zero-order chi connectivity index (χ0) is 12.5. The first kappa shape index (κ1) is 13.4. The summed E-state index contributed by atoms with van der Waals surface area (Å²) in [5.41, 5.74) is 6.75. The number of nitrogens with one attached hydrogen (secondary N) is 2. The van der Waals surface area contributed by atoms with Crippen molar-refractivity contribution in [2.24, 2.45) is 10.7 Å². The smallest absolute Gasteiger partial charge is 0.194 e. The SMILES string of the molecule is CN=C(N)NC(=S)NCCCc1ccncc1. The van der Waals surface area contributed by atoms with Gasteiger partial charge < -0.3 is 16.4 Å². The van der Waals surface area contributed by atoms with Gasteiger partial charge in [-0.05, 0) is 42.8 Å². The number of pyridine rings is 1. The van der Waals surface area contributed by atoms with Crippen LogP contribution in [0.4, 0.5) is 0 Å². The fourth-order valence-corrected chi connectivity index (χ4v) is 1.47. The minimum absolute atomic E-state index is 0.316. The summed E-state index contributed by atoms with van der Waals surface area (Å²) in [5, 5.41) is 6.33. The van der Waals surface area contributed by atoms with E-state index < -0.39 is 0 Å². The van der Waals surface area contributed by atoms with Crippen LogP contribution in [-0.4, -0.2) is 29.6 Å². The van der Waals surface area contributed by atoms with E-state index in [-0.39, 0.29) is 0 Å². The van der Waals surface area contributed by atoms with E-state index in [4.69, 9.17) is 18.0 Å². The van der Waals surface area contributed by atoms with Crippen molar-refractivity contribution in [3.8, 4) is 0 Å².